The second kappa shape index (κ2) is 6.01. The molecule has 0 aliphatic heterocycles. The largest absolute Gasteiger partial charge is 0.478 e. The van der Waals surface area contributed by atoms with E-state index in [0.717, 1.165) is 12.3 Å². The number of carboxylic acid groups (broad SMARTS) is 1. The van der Waals surface area contributed by atoms with Gasteiger partial charge < -0.3 is 15.5 Å². The first-order valence-corrected chi connectivity index (χ1v) is 6.59. The maximum absolute atomic E-state index is 12.9. The lowest BCUT2D eigenvalue weighted by Crippen LogP contribution is -2.36. The van der Waals surface area contributed by atoms with Crippen LogP contribution < -0.4 is 5.32 Å². The van der Waals surface area contributed by atoms with Gasteiger partial charge in [0.1, 0.15) is 17.2 Å². The molecule has 100 valence electrons. The number of aromatic nitrogens is 1. The second-order valence-corrected chi connectivity index (χ2v) is 5.00. The van der Waals surface area contributed by atoms with E-state index in [0.29, 0.717) is 5.75 Å². The number of aliphatic hydroxyl groups is 1. The average molecular weight is 274 g/mol. The molecule has 1 rings (SSSR count). The molecule has 0 spiro atoms. The van der Waals surface area contributed by atoms with Crippen LogP contribution in [0.4, 0.5) is 10.2 Å². The zero-order valence-corrected chi connectivity index (χ0v) is 10.9. The van der Waals surface area contributed by atoms with Gasteiger partial charge in [0.05, 0.1) is 11.8 Å². The number of aromatic carboxylic acids is 1. The molecule has 0 radical (unpaired) electrons. The molecule has 1 unspecified atom stereocenters. The Bertz CT molecular complexity index is 440. The van der Waals surface area contributed by atoms with Gasteiger partial charge in [0.25, 0.3) is 0 Å². The van der Waals surface area contributed by atoms with Crippen LogP contribution in [0, 0.1) is 5.82 Å². The molecule has 1 atom stereocenters. The molecule has 1 aromatic heterocycles. The van der Waals surface area contributed by atoms with Crippen molar-refractivity contribution in [1.82, 2.24) is 4.98 Å². The fourth-order valence-corrected chi connectivity index (χ4v) is 2.10. The van der Waals surface area contributed by atoms with Crippen LogP contribution in [-0.2, 0) is 0 Å². The van der Waals surface area contributed by atoms with Crippen molar-refractivity contribution in [2.24, 2.45) is 0 Å². The molecule has 3 N–H and O–H groups in total. The molecule has 0 bridgehead atoms. The fraction of sp³-hybridized carbons (Fsp3) is 0.455. The van der Waals surface area contributed by atoms with E-state index >= 15 is 0 Å². The standard InChI is InChI=1S/C11H15FN2O3S/c1-11(17,6-18-2)5-14-9-8(10(15)16)3-7(12)4-13-9/h3-4,17H,5-6H2,1-2H3,(H,13,14)(H,15,16). The molecule has 0 saturated heterocycles. The van der Waals surface area contributed by atoms with E-state index in [-0.39, 0.29) is 17.9 Å². The Labute approximate surface area is 108 Å². The zero-order valence-electron chi connectivity index (χ0n) is 10.1. The molecule has 5 nitrogen and oxygen atoms in total. The summed E-state index contributed by atoms with van der Waals surface area (Å²) in [5, 5.41) is 21.6. The Morgan fingerprint density at radius 2 is 2.33 bits per heavy atom. The minimum atomic E-state index is -1.27. The molecular formula is C11H15FN2O3S. The Hall–Kier alpha value is -1.34. The van der Waals surface area contributed by atoms with Crippen molar-refractivity contribution >= 4 is 23.5 Å². The van der Waals surface area contributed by atoms with Crippen molar-refractivity contribution in [2.45, 2.75) is 12.5 Å². The summed E-state index contributed by atoms with van der Waals surface area (Å²) < 4.78 is 12.9. The van der Waals surface area contributed by atoms with Gasteiger partial charge in [-0.25, -0.2) is 14.2 Å². The van der Waals surface area contributed by atoms with E-state index in [4.69, 9.17) is 5.11 Å². The van der Waals surface area contributed by atoms with Crippen LogP contribution in [0.3, 0.4) is 0 Å². The number of nitrogens with one attached hydrogen (secondary N) is 1. The van der Waals surface area contributed by atoms with Crippen LogP contribution >= 0.6 is 11.8 Å². The summed E-state index contributed by atoms with van der Waals surface area (Å²) in [6.07, 6.45) is 2.78. The molecule has 7 heteroatoms. The normalized spacial score (nSPS) is 14.0. The zero-order chi connectivity index (χ0) is 13.8. The number of halogens is 1. The molecule has 0 amide bonds. The highest BCUT2D eigenvalue weighted by Crippen LogP contribution is 2.16. The van der Waals surface area contributed by atoms with Gasteiger partial charge in [-0.15, -0.1) is 0 Å². The highest BCUT2D eigenvalue weighted by atomic mass is 32.2. The number of rotatable bonds is 6. The number of pyridine rings is 1. The average Bonchev–Trinajstić information content (AvgIpc) is 2.27. The van der Waals surface area contributed by atoms with Crippen molar-refractivity contribution in [3.63, 3.8) is 0 Å². The smallest absolute Gasteiger partial charge is 0.339 e. The van der Waals surface area contributed by atoms with Crippen LogP contribution in [0.15, 0.2) is 12.3 Å². The monoisotopic (exact) mass is 274 g/mol. The maximum Gasteiger partial charge on any atom is 0.339 e. The number of hydrogen-bond acceptors (Lipinski definition) is 5. The molecule has 0 saturated carbocycles. The highest BCUT2D eigenvalue weighted by molar-refractivity contribution is 7.98. The number of nitrogens with zero attached hydrogens (tertiary/aromatic N) is 1. The molecular weight excluding hydrogens is 259 g/mol. The fourth-order valence-electron chi connectivity index (χ4n) is 1.38. The number of carboxylic acids is 1. The van der Waals surface area contributed by atoms with E-state index in [9.17, 15) is 14.3 Å². The molecule has 1 aromatic rings. The third-order valence-corrected chi connectivity index (χ3v) is 3.09. The minimum absolute atomic E-state index is 0.0466. The van der Waals surface area contributed by atoms with Crippen LogP contribution in [0.5, 0.6) is 0 Å². The van der Waals surface area contributed by atoms with E-state index < -0.39 is 17.4 Å². The Balaban J connectivity index is 2.82. The summed E-state index contributed by atoms with van der Waals surface area (Å²) >= 11 is 1.47. The molecule has 0 aromatic carbocycles. The van der Waals surface area contributed by atoms with Gasteiger partial charge in [0.2, 0.25) is 0 Å². The van der Waals surface area contributed by atoms with E-state index in [2.05, 4.69) is 10.3 Å². The van der Waals surface area contributed by atoms with Gasteiger partial charge in [-0.2, -0.15) is 11.8 Å². The third kappa shape index (κ3) is 4.15. The molecule has 18 heavy (non-hydrogen) atoms. The lowest BCUT2D eigenvalue weighted by atomic mass is 10.1. The summed E-state index contributed by atoms with van der Waals surface area (Å²) in [7, 11) is 0. The van der Waals surface area contributed by atoms with Gasteiger partial charge in [-0.1, -0.05) is 0 Å². The third-order valence-electron chi connectivity index (χ3n) is 2.18. The van der Waals surface area contributed by atoms with E-state index in [1.807, 2.05) is 6.26 Å². The lowest BCUT2D eigenvalue weighted by molar-refractivity contribution is 0.0695. The van der Waals surface area contributed by atoms with Crippen molar-refractivity contribution in [3.8, 4) is 0 Å². The van der Waals surface area contributed by atoms with Gasteiger partial charge >= 0.3 is 5.97 Å². The molecule has 0 aliphatic carbocycles. The van der Waals surface area contributed by atoms with Crippen molar-refractivity contribution in [2.75, 3.05) is 23.9 Å². The summed E-state index contributed by atoms with van der Waals surface area (Å²) in [4.78, 5) is 14.6. The van der Waals surface area contributed by atoms with Crippen LogP contribution in [0.1, 0.15) is 17.3 Å². The van der Waals surface area contributed by atoms with Crippen LogP contribution in [0.25, 0.3) is 0 Å². The van der Waals surface area contributed by atoms with Crippen molar-refractivity contribution < 1.29 is 19.4 Å². The van der Waals surface area contributed by atoms with Crippen LogP contribution in [-0.4, -0.2) is 45.3 Å². The summed E-state index contributed by atoms with van der Waals surface area (Å²) in [6, 6.07) is 0.890. The van der Waals surface area contributed by atoms with Gasteiger partial charge in [0, 0.05) is 12.3 Å². The quantitative estimate of drug-likeness (QED) is 0.728. The topological polar surface area (TPSA) is 82.5 Å². The predicted molar refractivity (Wildman–Crippen MR) is 68.6 cm³/mol. The first-order chi connectivity index (χ1) is 8.35. The SMILES string of the molecule is CSCC(C)(O)CNc1ncc(F)cc1C(=O)O. The highest BCUT2D eigenvalue weighted by Gasteiger charge is 2.21. The lowest BCUT2D eigenvalue weighted by Gasteiger charge is -2.23. The van der Waals surface area contributed by atoms with Crippen molar-refractivity contribution in [3.05, 3.63) is 23.6 Å². The summed E-state index contributed by atoms with van der Waals surface area (Å²) in [5.74, 6) is -1.45. The number of anilines is 1. The number of thioether (sulfide) groups is 1. The molecule has 1 heterocycles. The predicted octanol–water partition coefficient (Wildman–Crippen LogP) is 1.44. The van der Waals surface area contributed by atoms with E-state index in [1.54, 1.807) is 6.92 Å². The summed E-state index contributed by atoms with van der Waals surface area (Å²) in [5.41, 5.74) is -1.25. The van der Waals surface area contributed by atoms with Crippen LogP contribution in [0.2, 0.25) is 0 Å². The Kier molecular flexibility index (Phi) is 4.92. The first kappa shape index (κ1) is 14.7. The molecule has 0 aliphatic rings. The summed E-state index contributed by atoms with van der Waals surface area (Å²) in [6.45, 7) is 1.76. The number of carbonyl (C=O) groups is 1. The van der Waals surface area contributed by atoms with Crippen molar-refractivity contribution in [1.29, 1.82) is 0 Å². The Morgan fingerprint density at radius 3 is 2.89 bits per heavy atom. The molecule has 0 fully saturated rings. The Morgan fingerprint density at radius 1 is 1.67 bits per heavy atom. The van der Waals surface area contributed by atoms with Gasteiger partial charge in [0.15, 0.2) is 0 Å². The second-order valence-electron chi connectivity index (χ2n) is 4.14. The van der Waals surface area contributed by atoms with Gasteiger partial charge in [-0.3, -0.25) is 0 Å². The minimum Gasteiger partial charge on any atom is -0.478 e. The van der Waals surface area contributed by atoms with Gasteiger partial charge in [-0.05, 0) is 19.2 Å². The first-order valence-electron chi connectivity index (χ1n) is 5.20. The van der Waals surface area contributed by atoms with E-state index in [1.165, 1.54) is 11.8 Å². The maximum atomic E-state index is 12.9. The number of hydrogen-bond donors (Lipinski definition) is 3.